The molecule has 1 unspecified atom stereocenters. The summed E-state index contributed by atoms with van der Waals surface area (Å²) in [6, 6.07) is 0. The maximum absolute atomic E-state index is 7.06. The second-order valence-electron chi connectivity index (χ2n) is 1.96. The van der Waals surface area contributed by atoms with Crippen LogP contribution in [0.4, 0.5) is 0 Å². The van der Waals surface area contributed by atoms with Crippen LogP contribution in [-0.2, 0) is 14.2 Å². The van der Waals surface area contributed by atoms with E-state index in [4.69, 9.17) is 14.9 Å². The zero-order valence-electron chi connectivity index (χ0n) is 7.22. The molecule has 0 aromatic heterocycles. The number of nitrogens with one attached hydrogen (secondary N) is 1. The van der Waals surface area contributed by atoms with E-state index < -0.39 is 0 Å². The van der Waals surface area contributed by atoms with Crippen LogP contribution in [0.1, 0.15) is 13.8 Å². The Morgan fingerprint density at radius 1 is 1.45 bits per heavy atom. The van der Waals surface area contributed by atoms with Crippen molar-refractivity contribution >= 4 is 5.90 Å². The minimum atomic E-state index is -0.268. The predicted octanol–water partition coefficient (Wildman–Crippen LogP) is 1.01. The fourth-order valence-electron chi connectivity index (χ4n) is 0.535. The molecule has 0 aromatic rings. The molecule has 1 N–H and O–H groups in total. The Balaban J connectivity index is 3.29. The number of hydrogen-bond acceptors (Lipinski definition) is 4. The molecule has 66 valence electrons. The Labute approximate surface area is 67.0 Å². The first-order valence-corrected chi connectivity index (χ1v) is 3.55. The minimum Gasteiger partial charge on any atom is -0.483 e. The van der Waals surface area contributed by atoms with Crippen molar-refractivity contribution in [3.8, 4) is 0 Å². The highest BCUT2D eigenvalue weighted by atomic mass is 16.7. The van der Waals surface area contributed by atoms with Gasteiger partial charge in [0.25, 0.3) is 0 Å². The first kappa shape index (κ1) is 10.4. The molecule has 4 nitrogen and oxygen atoms in total. The molecule has 0 bridgehead atoms. The second-order valence-corrected chi connectivity index (χ2v) is 1.96. The van der Waals surface area contributed by atoms with Crippen molar-refractivity contribution in [3.05, 3.63) is 0 Å². The maximum Gasteiger partial charge on any atom is 0.207 e. The molecule has 0 radical (unpaired) electrons. The first-order valence-electron chi connectivity index (χ1n) is 3.55. The van der Waals surface area contributed by atoms with Crippen LogP contribution in [0.5, 0.6) is 0 Å². The Bertz CT molecular complexity index is 116. The fraction of sp³-hybridized carbons (Fsp3) is 0.857. The molecule has 4 heteroatoms. The van der Waals surface area contributed by atoms with Crippen molar-refractivity contribution in [2.24, 2.45) is 0 Å². The predicted molar refractivity (Wildman–Crippen MR) is 41.8 cm³/mol. The lowest BCUT2D eigenvalue weighted by Gasteiger charge is -2.12. The fourth-order valence-corrected chi connectivity index (χ4v) is 0.535. The third-order valence-corrected chi connectivity index (χ3v) is 1.10. The number of rotatable bonds is 5. The molecular formula is C7H15NO3. The number of hydrogen-bond donors (Lipinski definition) is 1. The van der Waals surface area contributed by atoms with Gasteiger partial charge in [-0.3, -0.25) is 5.41 Å². The summed E-state index contributed by atoms with van der Waals surface area (Å²) < 4.78 is 14.7. The van der Waals surface area contributed by atoms with Crippen molar-refractivity contribution in [2.75, 3.05) is 20.3 Å². The van der Waals surface area contributed by atoms with Crippen molar-refractivity contribution in [3.63, 3.8) is 0 Å². The van der Waals surface area contributed by atoms with Gasteiger partial charge in [-0.05, 0) is 13.8 Å². The van der Waals surface area contributed by atoms with Gasteiger partial charge in [0.2, 0.25) is 5.90 Å². The first-order chi connectivity index (χ1) is 5.20. The van der Waals surface area contributed by atoms with E-state index in [1.54, 1.807) is 6.92 Å². The standard InChI is InChI=1S/C7H15NO3/c1-4-10-6(2)11-5-7(8)9-3/h6,8H,4-5H2,1-3H3. The molecule has 11 heavy (non-hydrogen) atoms. The van der Waals surface area contributed by atoms with Crippen LogP contribution in [0, 0.1) is 5.41 Å². The van der Waals surface area contributed by atoms with Gasteiger partial charge in [0.15, 0.2) is 6.29 Å². The van der Waals surface area contributed by atoms with Gasteiger partial charge in [-0.25, -0.2) is 0 Å². The molecule has 0 rings (SSSR count). The summed E-state index contributed by atoms with van der Waals surface area (Å²) in [7, 11) is 1.44. The molecule has 0 aromatic carbocycles. The van der Waals surface area contributed by atoms with Crippen LogP contribution in [0.25, 0.3) is 0 Å². The summed E-state index contributed by atoms with van der Waals surface area (Å²) in [6.07, 6.45) is -0.268. The van der Waals surface area contributed by atoms with E-state index in [1.807, 2.05) is 6.92 Å². The summed E-state index contributed by atoms with van der Waals surface area (Å²) >= 11 is 0. The average molecular weight is 161 g/mol. The molecule has 0 aliphatic heterocycles. The van der Waals surface area contributed by atoms with Crippen molar-refractivity contribution in [1.82, 2.24) is 0 Å². The normalized spacial score (nSPS) is 12.6. The Kier molecular flexibility index (Phi) is 5.78. The van der Waals surface area contributed by atoms with Crippen LogP contribution in [-0.4, -0.2) is 32.5 Å². The SMILES string of the molecule is CCOC(C)OCC(=N)OC. The van der Waals surface area contributed by atoms with Gasteiger partial charge >= 0.3 is 0 Å². The molecule has 0 aliphatic carbocycles. The average Bonchev–Trinajstić information content (AvgIpc) is 2.01. The molecule has 0 saturated carbocycles. The molecule has 0 spiro atoms. The lowest BCUT2D eigenvalue weighted by molar-refractivity contribution is -0.117. The van der Waals surface area contributed by atoms with E-state index in [1.165, 1.54) is 7.11 Å². The lowest BCUT2D eigenvalue weighted by Crippen LogP contribution is -2.18. The molecule has 1 atom stereocenters. The Hall–Kier alpha value is -0.610. The van der Waals surface area contributed by atoms with Gasteiger partial charge in [-0.1, -0.05) is 0 Å². The highest BCUT2D eigenvalue weighted by molar-refractivity contribution is 5.73. The molecule has 0 heterocycles. The topological polar surface area (TPSA) is 51.5 Å². The largest absolute Gasteiger partial charge is 0.483 e. The van der Waals surface area contributed by atoms with Gasteiger partial charge in [0.1, 0.15) is 6.61 Å². The minimum absolute atomic E-state index is 0.108. The van der Waals surface area contributed by atoms with Gasteiger partial charge < -0.3 is 14.2 Å². The molecular weight excluding hydrogens is 146 g/mol. The molecule has 0 saturated heterocycles. The van der Waals surface area contributed by atoms with Crippen molar-refractivity contribution < 1.29 is 14.2 Å². The highest BCUT2D eigenvalue weighted by Gasteiger charge is 2.01. The van der Waals surface area contributed by atoms with E-state index in [-0.39, 0.29) is 18.8 Å². The van der Waals surface area contributed by atoms with E-state index in [2.05, 4.69) is 4.74 Å². The quantitative estimate of drug-likeness (QED) is 0.372. The smallest absolute Gasteiger partial charge is 0.207 e. The third kappa shape index (κ3) is 5.82. The molecule has 0 fully saturated rings. The zero-order valence-corrected chi connectivity index (χ0v) is 7.22. The maximum atomic E-state index is 7.06. The Morgan fingerprint density at radius 2 is 2.09 bits per heavy atom. The van der Waals surface area contributed by atoms with Crippen molar-refractivity contribution in [2.45, 2.75) is 20.1 Å². The van der Waals surface area contributed by atoms with Crippen LogP contribution in [0.3, 0.4) is 0 Å². The summed E-state index contributed by atoms with van der Waals surface area (Å²) in [5.74, 6) is 0.108. The van der Waals surface area contributed by atoms with Gasteiger partial charge in [-0.15, -0.1) is 0 Å². The van der Waals surface area contributed by atoms with E-state index in [0.29, 0.717) is 6.61 Å². The third-order valence-electron chi connectivity index (χ3n) is 1.10. The number of methoxy groups -OCH3 is 1. The van der Waals surface area contributed by atoms with Crippen LogP contribution in [0.15, 0.2) is 0 Å². The van der Waals surface area contributed by atoms with Gasteiger partial charge in [-0.2, -0.15) is 0 Å². The van der Waals surface area contributed by atoms with E-state index in [0.717, 1.165) is 0 Å². The van der Waals surface area contributed by atoms with Crippen LogP contribution in [0.2, 0.25) is 0 Å². The monoisotopic (exact) mass is 161 g/mol. The number of ether oxygens (including phenoxy) is 3. The van der Waals surface area contributed by atoms with E-state index >= 15 is 0 Å². The van der Waals surface area contributed by atoms with Crippen molar-refractivity contribution in [1.29, 1.82) is 5.41 Å². The zero-order chi connectivity index (χ0) is 8.69. The Morgan fingerprint density at radius 3 is 2.55 bits per heavy atom. The molecule has 0 aliphatic rings. The van der Waals surface area contributed by atoms with Gasteiger partial charge in [0.05, 0.1) is 7.11 Å². The van der Waals surface area contributed by atoms with Crippen LogP contribution < -0.4 is 0 Å². The van der Waals surface area contributed by atoms with E-state index in [9.17, 15) is 0 Å². The lowest BCUT2D eigenvalue weighted by atomic mass is 10.6. The van der Waals surface area contributed by atoms with Crippen LogP contribution >= 0.6 is 0 Å². The summed E-state index contributed by atoms with van der Waals surface area (Å²) in [4.78, 5) is 0. The van der Waals surface area contributed by atoms with Gasteiger partial charge in [0, 0.05) is 6.61 Å². The summed E-state index contributed by atoms with van der Waals surface area (Å²) in [5, 5.41) is 7.06. The summed E-state index contributed by atoms with van der Waals surface area (Å²) in [6.45, 7) is 4.45. The molecule has 0 amide bonds. The second kappa shape index (κ2) is 6.12. The highest BCUT2D eigenvalue weighted by Crippen LogP contribution is 1.92. The summed E-state index contributed by atoms with van der Waals surface area (Å²) in [5.41, 5.74) is 0.